The van der Waals surface area contributed by atoms with E-state index in [1.165, 1.54) is 23.1 Å². The standard InChI is InChI=1S/C18H21N3O3S3/c1-3-21-17(23)15-12(13-6-4-9-25-13)10-26-16(15)20-18(21)27-11-14(22)19-7-5-8-24-2/h4,6,9-10H,3,5,7-8,11H2,1-2H3,(H,19,22). The van der Waals surface area contributed by atoms with Crippen LogP contribution in [0.25, 0.3) is 20.7 Å². The fourth-order valence-corrected chi connectivity index (χ4v) is 5.33. The molecule has 144 valence electrons. The Morgan fingerprint density at radius 2 is 2.26 bits per heavy atom. The van der Waals surface area contributed by atoms with Gasteiger partial charge in [0, 0.05) is 42.6 Å². The first-order valence-electron chi connectivity index (χ1n) is 8.60. The van der Waals surface area contributed by atoms with E-state index in [-0.39, 0.29) is 17.2 Å². The van der Waals surface area contributed by atoms with Gasteiger partial charge in [-0.3, -0.25) is 14.2 Å². The van der Waals surface area contributed by atoms with Crippen LogP contribution < -0.4 is 10.9 Å². The maximum absolute atomic E-state index is 13.1. The fraction of sp³-hybridized carbons (Fsp3) is 0.389. The van der Waals surface area contributed by atoms with Crippen molar-refractivity contribution >= 4 is 50.6 Å². The quantitative estimate of drug-likeness (QED) is 0.324. The number of nitrogens with one attached hydrogen (secondary N) is 1. The number of carbonyl (C=O) groups excluding carboxylic acids is 1. The Morgan fingerprint density at radius 3 is 2.96 bits per heavy atom. The highest BCUT2D eigenvalue weighted by Crippen LogP contribution is 2.34. The van der Waals surface area contributed by atoms with Crippen molar-refractivity contribution in [3.8, 4) is 10.4 Å². The highest BCUT2D eigenvalue weighted by molar-refractivity contribution is 7.99. The Kier molecular flexibility index (Phi) is 7.06. The van der Waals surface area contributed by atoms with E-state index in [0.717, 1.165) is 21.7 Å². The molecular formula is C18H21N3O3S3. The van der Waals surface area contributed by atoms with E-state index in [1.807, 2.05) is 29.8 Å². The maximum atomic E-state index is 13.1. The molecule has 0 spiro atoms. The summed E-state index contributed by atoms with van der Waals surface area (Å²) in [6, 6.07) is 3.99. The van der Waals surface area contributed by atoms with Crippen LogP contribution in [0.1, 0.15) is 13.3 Å². The zero-order chi connectivity index (χ0) is 19.2. The zero-order valence-corrected chi connectivity index (χ0v) is 17.6. The van der Waals surface area contributed by atoms with Crippen LogP contribution in [-0.2, 0) is 16.1 Å². The Morgan fingerprint density at radius 1 is 1.41 bits per heavy atom. The van der Waals surface area contributed by atoms with Gasteiger partial charge in [0.15, 0.2) is 5.16 Å². The first kappa shape index (κ1) is 20.1. The van der Waals surface area contributed by atoms with Crippen LogP contribution in [0.4, 0.5) is 0 Å². The van der Waals surface area contributed by atoms with Crippen molar-refractivity contribution in [3.63, 3.8) is 0 Å². The van der Waals surface area contributed by atoms with Crippen LogP contribution in [0.2, 0.25) is 0 Å². The minimum absolute atomic E-state index is 0.0462. The van der Waals surface area contributed by atoms with Crippen molar-refractivity contribution in [2.75, 3.05) is 26.0 Å². The lowest BCUT2D eigenvalue weighted by molar-refractivity contribution is -0.118. The van der Waals surface area contributed by atoms with Crippen molar-refractivity contribution in [2.45, 2.75) is 25.0 Å². The van der Waals surface area contributed by atoms with Crippen LogP contribution >= 0.6 is 34.4 Å². The van der Waals surface area contributed by atoms with E-state index >= 15 is 0 Å². The van der Waals surface area contributed by atoms with Gasteiger partial charge in [-0.05, 0) is 24.8 Å². The number of methoxy groups -OCH3 is 1. The number of thiophene rings is 2. The molecule has 3 aromatic rings. The van der Waals surface area contributed by atoms with Crippen LogP contribution in [0.15, 0.2) is 32.8 Å². The third-order valence-corrected chi connectivity index (χ3v) is 6.69. The Labute approximate surface area is 169 Å². The van der Waals surface area contributed by atoms with Crippen molar-refractivity contribution in [1.82, 2.24) is 14.9 Å². The second kappa shape index (κ2) is 9.50. The van der Waals surface area contributed by atoms with Gasteiger partial charge in [-0.1, -0.05) is 17.8 Å². The lowest BCUT2D eigenvalue weighted by Gasteiger charge is -2.10. The number of thioether (sulfide) groups is 1. The number of ether oxygens (including phenoxy) is 1. The zero-order valence-electron chi connectivity index (χ0n) is 15.2. The molecule has 1 amide bonds. The molecule has 1 N–H and O–H groups in total. The number of hydrogen-bond donors (Lipinski definition) is 1. The van der Waals surface area contributed by atoms with Gasteiger partial charge in [-0.25, -0.2) is 4.98 Å². The van der Waals surface area contributed by atoms with Gasteiger partial charge in [0.1, 0.15) is 4.83 Å². The number of amides is 1. The van der Waals surface area contributed by atoms with E-state index in [4.69, 9.17) is 4.74 Å². The molecule has 3 rings (SSSR count). The summed E-state index contributed by atoms with van der Waals surface area (Å²) in [6.07, 6.45) is 0.775. The molecule has 27 heavy (non-hydrogen) atoms. The number of rotatable bonds is 9. The first-order chi connectivity index (χ1) is 13.2. The van der Waals surface area contributed by atoms with Crippen molar-refractivity contribution in [3.05, 3.63) is 33.2 Å². The summed E-state index contributed by atoms with van der Waals surface area (Å²) < 4.78 is 6.61. The molecule has 0 aliphatic rings. The summed E-state index contributed by atoms with van der Waals surface area (Å²) in [4.78, 5) is 31.5. The van der Waals surface area contributed by atoms with Gasteiger partial charge in [-0.15, -0.1) is 22.7 Å². The van der Waals surface area contributed by atoms with E-state index in [1.54, 1.807) is 23.0 Å². The third kappa shape index (κ3) is 4.60. The van der Waals surface area contributed by atoms with E-state index < -0.39 is 0 Å². The molecule has 3 heterocycles. The van der Waals surface area contributed by atoms with Gasteiger partial charge in [0.05, 0.1) is 11.1 Å². The van der Waals surface area contributed by atoms with Crippen LogP contribution in [0.5, 0.6) is 0 Å². The summed E-state index contributed by atoms with van der Waals surface area (Å²) >= 11 is 4.38. The molecule has 0 saturated heterocycles. The predicted octanol–water partition coefficient (Wildman–Crippen LogP) is 3.45. The molecular weight excluding hydrogens is 402 g/mol. The Hall–Kier alpha value is -1.68. The molecule has 0 bridgehead atoms. The molecule has 0 saturated carbocycles. The van der Waals surface area contributed by atoms with Gasteiger partial charge in [-0.2, -0.15) is 0 Å². The van der Waals surface area contributed by atoms with Crippen LogP contribution in [0.3, 0.4) is 0 Å². The molecule has 0 aliphatic heterocycles. The molecule has 3 aromatic heterocycles. The fourth-order valence-electron chi connectivity index (χ4n) is 2.63. The molecule has 0 fully saturated rings. The summed E-state index contributed by atoms with van der Waals surface area (Å²) in [5, 5.41) is 8.09. The molecule has 0 unspecified atom stereocenters. The SMILES string of the molecule is CCn1c(SCC(=O)NCCCOC)nc2scc(-c3cccs3)c2c1=O. The van der Waals surface area contributed by atoms with Crippen LogP contribution in [-0.4, -0.2) is 41.5 Å². The Balaban J connectivity index is 1.80. The Bertz CT molecular complexity index is 964. The summed E-state index contributed by atoms with van der Waals surface area (Å²) in [5.41, 5.74) is 0.896. The van der Waals surface area contributed by atoms with E-state index in [9.17, 15) is 9.59 Å². The van der Waals surface area contributed by atoms with E-state index in [2.05, 4.69) is 10.3 Å². The minimum atomic E-state index is -0.0708. The van der Waals surface area contributed by atoms with Gasteiger partial charge in [0.25, 0.3) is 5.56 Å². The summed E-state index contributed by atoms with van der Waals surface area (Å²) in [6.45, 7) is 3.63. The highest BCUT2D eigenvalue weighted by Gasteiger charge is 2.17. The van der Waals surface area contributed by atoms with Gasteiger partial charge in [0.2, 0.25) is 5.91 Å². The number of hydrogen-bond acceptors (Lipinski definition) is 7. The number of fused-ring (bicyclic) bond motifs is 1. The molecule has 0 aliphatic carbocycles. The van der Waals surface area contributed by atoms with Gasteiger partial charge < -0.3 is 10.1 Å². The lowest BCUT2D eigenvalue weighted by atomic mass is 10.2. The molecule has 0 aromatic carbocycles. The third-order valence-electron chi connectivity index (χ3n) is 3.94. The molecule has 0 atom stereocenters. The monoisotopic (exact) mass is 423 g/mol. The first-order valence-corrected chi connectivity index (χ1v) is 11.3. The van der Waals surface area contributed by atoms with Crippen molar-refractivity contribution in [1.29, 1.82) is 0 Å². The smallest absolute Gasteiger partial charge is 0.263 e. The normalized spacial score (nSPS) is 11.2. The minimum Gasteiger partial charge on any atom is -0.385 e. The largest absolute Gasteiger partial charge is 0.385 e. The number of aromatic nitrogens is 2. The second-order valence-electron chi connectivity index (χ2n) is 5.74. The summed E-state index contributed by atoms with van der Waals surface area (Å²) in [5.74, 6) is 0.159. The van der Waals surface area contributed by atoms with Crippen molar-refractivity contribution in [2.24, 2.45) is 0 Å². The lowest BCUT2D eigenvalue weighted by Crippen LogP contribution is -2.28. The highest BCUT2D eigenvalue weighted by atomic mass is 32.2. The summed E-state index contributed by atoms with van der Waals surface area (Å²) in [7, 11) is 1.64. The average Bonchev–Trinajstić information content (AvgIpc) is 3.33. The number of nitrogens with zero attached hydrogens (tertiary/aromatic N) is 2. The molecule has 9 heteroatoms. The second-order valence-corrected chi connectivity index (χ2v) is 8.48. The average molecular weight is 424 g/mol. The topological polar surface area (TPSA) is 73.2 Å². The van der Waals surface area contributed by atoms with Crippen LogP contribution in [0, 0.1) is 0 Å². The van der Waals surface area contributed by atoms with Crippen molar-refractivity contribution < 1.29 is 9.53 Å². The molecule has 6 nitrogen and oxygen atoms in total. The predicted molar refractivity (Wildman–Crippen MR) is 113 cm³/mol. The maximum Gasteiger partial charge on any atom is 0.263 e. The number of carbonyl (C=O) groups is 1. The van der Waals surface area contributed by atoms with E-state index in [0.29, 0.717) is 30.2 Å². The molecule has 0 radical (unpaired) electrons. The van der Waals surface area contributed by atoms with Gasteiger partial charge >= 0.3 is 0 Å².